The Morgan fingerprint density at radius 3 is 2.56 bits per heavy atom. The summed E-state index contributed by atoms with van der Waals surface area (Å²) in [6.07, 6.45) is 0. The smallest absolute Gasteiger partial charge is 0.373 e. The van der Waals surface area contributed by atoms with Crippen molar-refractivity contribution in [2.45, 2.75) is 19.0 Å². The van der Waals surface area contributed by atoms with Gasteiger partial charge in [-0.1, -0.05) is 23.7 Å². The van der Waals surface area contributed by atoms with E-state index in [-0.39, 0.29) is 12.3 Å². The fourth-order valence-corrected chi connectivity index (χ4v) is 2.77. The number of nitrogens with zero attached hydrogens (tertiary/aromatic N) is 1. The SMILES string of the molecule is COC(=O)c1ccc(CN2C(=O)N[C@](C)(c3ccc(Cl)cc3)C2=O)o1. The van der Waals surface area contributed by atoms with Crippen molar-refractivity contribution in [3.63, 3.8) is 0 Å². The molecule has 0 radical (unpaired) electrons. The number of hydrogen-bond donors (Lipinski definition) is 1. The summed E-state index contributed by atoms with van der Waals surface area (Å²) in [6.45, 7) is 1.53. The number of imide groups is 1. The Balaban J connectivity index is 1.83. The molecule has 0 aliphatic carbocycles. The normalized spacial score (nSPS) is 19.9. The lowest BCUT2D eigenvalue weighted by molar-refractivity contribution is -0.131. The first kappa shape index (κ1) is 17.0. The van der Waals surface area contributed by atoms with Crippen molar-refractivity contribution in [3.8, 4) is 0 Å². The van der Waals surface area contributed by atoms with Gasteiger partial charge in [0.05, 0.1) is 13.7 Å². The lowest BCUT2D eigenvalue weighted by atomic mass is 9.92. The van der Waals surface area contributed by atoms with Gasteiger partial charge in [0.25, 0.3) is 5.91 Å². The first-order valence-electron chi connectivity index (χ1n) is 7.42. The molecule has 2 aromatic rings. The van der Waals surface area contributed by atoms with Gasteiger partial charge in [0.2, 0.25) is 5.76 Å². The van der Waals surface area contributed by atoms with Crippen LogP contribution in [0.1, 0.15) is 28.8 Å². The van der Waals surface area contributed by atoms with Crippen LogP contribution in [0.25, 0.3) is 0 Å². The number of esters is 1. The van der Waals surface area contributed by atoms with E-state index in [9.17, 15) is 14.4 Å². The van der Waals surface area contributed by atoms with Gasteiger partial charge >= 0.3 is 12.0 Å². The topological polar surface area (TPSA) is 88.9 Å². The summed E-state index contributed by atoms with van der Waals surface area (Å²) in [5.74, 6) is -0.750. The van der Waals surface area contributed by atoms with Gasteiger partial charge in [-0.3, -0.25) is 9.69 Å². The zero-order valence-electron chi connectivity index (χ0n) is 13.5. The molecule has 0 spiro atoms. The number of carbonyl (C=O) groups excluding carboxylic acids is 3. The molecule has 1 fully saturated rings. The molecule has 7 nitrogen and oxygen atoms in total. The number of hydrogen-bond acceptors (Lipinski definition) is 5. The van der Waals surface area contributed by atoms with Gasteiger partial charge in [-0.25, -0.2) is 9.59 Å². The summed E-state index contributed by atoms with van der Waals surface area (Å²) in [5, 5.41) is 3.22. The number of rotatable bonds is 4. The first-order valence-corrected chi connectivity index (χ1v) is 7.80. The van der Waals surface area contributed by atoms with Crippen LogP contribution in [0.15, 0.2) is 40.8 Å². The van der Waals surface area contributed by atoms with Crippen LogP contribution in [0.4, 0.5) is 4.79 Å². The molecular weight excluding hydrogens is 348 g/mol. The van der Waals surface area contributed by atoms with Crippen molar-refractivity contribution in [3.05, 3.63) is 58.5 Å². The number of halogens is 1. The molecule has 25 heavy (non-hydrogen) atoms. The third-order valence-electron chi connectivity index (χ3n) is 4.06. The van der Waals surface area contributed by atoms with Gasteiger partial charge in [-0.05, 0) is 36.8 Å². The maximum atomic E-state index is 12.8. The third kappa shape index (κ3) is 2.98. The number of amides is 3. The molecule has 8 heteroatoms. The van der Waals surface area contributed by atoms with E-state index in [0.29, 0.717) is 16.3 Å². The van der Waals surface area contributed by atoms with Crippen molar-refractivity contribution < 1.29 is 23.5 Å². The number of carbonyl (C=O) groups is 3. The maximum Gasteiger partial charge on any atom is 0.373 e. The number of benzene rings is 1. The molecular formula is C17H15ClN2O5. The van der Waals surface area contributed by atoms with Gasteiger partial charge in [0, 0.05) is 5.02 Å². The summed E-state index contributed by atoms with van der Waals surface area (Å²) in [4.78, 5) is 37.5. The zero-order valence-corrected chi connectivity index (χ0v) is 14.3. The van der Waals surface area contributed by atoms with Crippen LogP contribution in [0.5, 0.6) is 0 Å². The zero-order chi connectivity index (χ0) is 18.2. The summed E-state index contributed by atoms with van der Waals surface area (Å²) in [7, 11) is 1.24. The lowest BCUT2D eigenvalue weighted by Crippen LogP contribution is -2.40. The minimum Gasteiger partial charge on any atom is -0.463 e. The van der Waals surface area contributed by atoms with E-state index in [0.717, 1.165) is 4.90 Å². The Bertz CT molecular complexity index is 845. The third-order valence-corrected chi connectivity index (χ3v) is 4.31. The standard InChI is InChI=1S/C17H15ClN2O5/c1-17(10-3-5-11(18)6-4-10)15(22)20(16(23)19-17)9-12-7-8-13(25-12)14(21)24-2/h3-8H,9H2,1-2H3,(H,19,23)/t17-/m1/s1. The molecule has 1 N–H and O–H groups in total. The molecule has 1 aromatic heterocycles. The van der Waals surface area contributed by atoms with Crippen molar-refractivity contribution in [2.24, 2.45) is 0 Å². The summed E-state index contributed by atoms with van der Waals surface area (Å²) in [5.41, 5.74) is -0.577. The Morgan fingerprint density at radius 1 is 1.24 bits per heavy atom. The highest BCUT2D eigenvalue weighted by molar-refractivity contribution is 6.30. The van der Waals surface area contributed by atoms with E-state index in [1.165, 1.54) is 19.2 Å². The highest BCUT2D eigenvalue weighted by Crippen LogP contribution is 2.30. The van der Waals surface area contributed by atoms with Crippen LogP contribution in [0, 0.1) is 0 Å². The maximum absolute atomic E-state index is 12.8. The second-order valence-corrected chi connectivity index (χ2v) is 6.15. The fraction of sp³-hybridized carbons (Fsp3) is 0.235. The number of urea groups is 1. The molecule has 3 amide bonds. The van der Waals surface area contributed by atoms with Gasteiger partial charge in [0.15, 0.2) is 0 Å². The van der Waals surface area contributed by atoms with E-state index in [1.807, 2.05) is 0 Å². The van der Waals surface area contributed by atoms with E-state index in [4.69, 9.17) is 16.0 Å². The number of methoxy groups -OCH3 is 1. The highest BCUT2D eigenvalue weighted by Gasteiger charge is 2.49. The van der Waals surface area contributed by atoms with E-state index in [2.05, 4.69) is 10.1 Å². The molecule has 0 saturated carbocycles. The molecule has 1 aliphatic heterocycles. The number of nitrogens with one attached hydrogen (secondary N) is 1. The van der Waals surface area contributed by atoms with E-state index in [1.54, 1.807) is 31.2 Å². The molecule has 1 atom stereocenters. The first-order chi connectivity index (χ1) is 11.8. The molecule has 3 rings (SSSR count). The Labute approximate surface area is 148 Å². The van der Waals surface area contributed by atoms with E-state index < -0.39 is 23.4 Å². The number of furan rings is 1. The van der Waals surface area contributed by atoms with Crippen molar-refractivity contribution in [2.75, 3.05) is 7.11 Å². The van der Waals surface area contributed by atoms with Crippen LogP contribution < -0.4 is 5.32 Å². The molecule has 0 unspecified atom stereocenters. The largest absolute Gasteiger partial charge is 0.463 e. The Kier molecular flexibility index (Phi) is 4.26. The van der Waals surface area contributed by atoms with Crippen LogP contribution in [0.2, 0.25) is 5.02 Å². The molecule has 130 valence electrons. The lowest BCUT2D eigenvalue weighted by Gasteiger charge is -2.22. The average molecular weight is 363 g/mol. The molecule has 1 saturated heterocycles. The predicted molar refractivity (Wildman–Crippen MR) is 87.9 cm³/mol. The van der Waals surface area contributed by atoms with Crippen molar-refractivity contribution >= 4 is 29.5 Å². The summed E-state index contributed by atoms with van der Waals surface area (Å²) < 4.78 is 9.88. The van der Waals surface area contributed by atoms with Gasteiger partial charge in [-0.15, -0.1) is 0 Å². The Morgan fingerprint density at radius 2 is 1.92 bits per heavy atom. The minimum atomic E-state index is -1.19. The van der Waals surface area contributed by atoms with Crippen molar-refractivity contribution in [1.29, 1.82) is 0 Å². The second kappa shape index (κ2) is 6.25. The monoisotopic (exact) mass is 362 g/mol. The Hall–Kier alpha value is -2.80. The summed E-state index contributed by atoms with van der Waals surface area (Å²) in [6, 6.07) is 9.08. The predicted octanol–water partition coefficient (Wildman–Crippen LogP) is 2.69. The van der Waals surface area contributed by atoms with Gasteiger partial charge in [0.1, 0.15) is 11.3 Å². The molecule has 0 bridgehead atoms. The summed E-state index contributed by atoms with van der Waals surface area (Å²) >= 11 is 5.87. The highest BCUT2D eigenvalue weighted by atomic mass is 35.5. The van der Waals surface area contributed by atoms with Crippen LogP contribution in [-0.2, 0) is 21.6 Å². The van der Waals surface area contributed by atoms with Crippen molar-refractivity contribution in [1.82, 2.24) is 10.2 Å². The molecule has 1 aromatic carbocycles. The number of ether oxygens (including phenoxy) is 1. The van der Waals surface area contributed by atoms with Crippen LogP contribution >= 0.6 is 11.6 Å². The molecule has 2 heterocycles. The van der Waals surface area contributed by atoms with Crippen LogP contribution in [0.3, 0.4) is 0 Å². The van der Waals surface area contributed by atoms with Gasteiger partial charge < -0.3 is 14.5 Å². The van der Waals surface area contributed by atoms with Crippen LogP contribution in [-0.4, -0.2) is 29.9 Å². The molecule has 1 aliphatic rings. The minimum absolute atomic E-state index is 0.00465. The fourth-order valence-electron chi connectivity index (χ4n) is 2.65. The second-order valence-electron chi connectivity index (χ2n) is 5.71. The average Bonchev–Trinajstić information content (AvgIpc) is 3.14. The van der Waals surface area contributed by atoms with Gasteiger partial charge in [-0.2, -0.15) is 0 Å². The van der Waals surface area contributed by atoms with E-state index >= 15 is 0 Å². The quantitative estimate of drug-likeness (QED) is 0.667.